The highest BCUT2D eigenvalue weighted by Gasteiger charge is 2.15. The second kappa shape index (κ2) is 7.24. The first-order valence-electron chi connectivity index (χ1n) is 7.14. The van der Waals surface area contributed by atoms with Crippen LogP contribution in [0.5, 0.6) is 0 Å². The van der Waals surface area contributed by atoms with Gasteiger partial charge in [0.05, 0.1) is 19.8 Å². The van der Waals surface area contributed by atoms with Gasteiger partial charge >= 0.3 is 5.97 Å². The highest BCUT2D eigenvalue weighted by atomic mass is 16.5. The monoisotopic (exact) mass is 303 g/mol. The van der Waals surface area contributed by atoms with Crippen molar-refractivity contribution in [2.75, 3.05) is 13.7 Å². The predicted molar refractivity (Wildman–Crippen MR) is 82.6 cm³/mol. The van der Waals surface area contributed by atoms with Gasteiger partial charge in [-0.3, -0.25) is 0 Å². The summed E-state index contributed by atoms with van der Waals surface area (Å²) in [4.78, 5) is 11.5. The highest BCUT2D eigenvalue weighted by molar-refractivity contribution is 5.90. The van der Waals surface area contributed by atoms with Gasteiger partial charge in [-0.15, -0.1) is 0 Å². The van der Waals surface area contributed by atoms with Crippen LogP contribution in [-0.2, 0) is 11.3 Å². The van der Waals surface area contributed by atoms with Gasteiger partial charge in [0.25, 0.3) is 0 Å². The molecule has 118 valence electrons. The topological polar surface area (TPSA) is 71.7 Å². The fraction of sp³-hybridized carbons (Fsp3) is 0.353. The van der Waals surface area contributed by atoms with Gasteiger partial charge in [0, 0.05) is 6.54 Å². The van der Waals surface area contributed by atoms with Gasteiger partial charge < -0.3 is 19.6 Å². The summed E-state index contributed by atoms with van der Waals surface area (Å²) in [6, 6.07) is 9.42. The summed E-state index contributed by atoms with van der Waals surface area (Å²) in [5.41, 5.74) is 2.41. The number of methoxy groups -OCH3 is 1. The lowest BCUT2D eigenvalue weighted by Crippen LogP contribution is -2.20. The first-order valence-corrected chi connectivity index (χ1v) is 7.14. The van der Waals surface area contributed by atoms with Gasteiger partial charge in [-0.05, 0) is 25.5 Å². The zero-order valence-electron chi connectivity index (χ0n) is 13.1. The molecule has 22 heavy (non-hydrogen) atoms. The van der Waals surface area contributed by atoms with Gasteiger partial charge in [-0.1, -0.05) is 29.8 Å². The summed E-state index contributed by atoms with van der Waals surface area (Å²) in [5, 5.41) is 13.3. The van der Waals surface area contributed by atoms with Gasteiger partial charge in [0.15, 0.2) is 0 Å². The van der Waals surface area contributed by atoms with Crippen molar-refractivity contribution < 1.29 is 19.1 Å². The maximum atomic E-state index is 11.5. The van der Waals surface area contributed by atoms with Crippen LogP contribution < -0.4 is 5.32 Å². The largest absolute Gasteiger partial charge is 0.465 e. The molecule has 0 aliphatic rings. The molecule has 0 spiro atoms. The Morgan fingerprint density at radius 3 is 2.82 bits per heavy atom. The van der Waals surface area contributed by atoms with E-state index in [9.17, 15) is 9.90 Å². The molecule has 0 saturated carbocycles. The molecule has 2 rings (SSSR count). The molecular formula is C17H21NO4. The van der Waals surface area contributed by atoms with E-state index in [0.717, 1.165) is 11.1 Å². The number of furan rings is 1. The number of rotatable bonds is 6. The van der Waals surface area contributed by atoms with E-state index in [0.29, 0.717) is 30.2 Å². The third kappa shape index (κ3) is 3.96. The van der Waals surface area contributed by atoms with Crippen LogP contribution in [-0.4, -0.2) is 24.7 Å². The summed E-state index contributed by atoms with van der Waals surface area (Å²) in [5.74, 6) is 0.754. The number of carbonyl (C=O) groups excluding carboxylic acids is 1. The number of esters is 1. The number of aliphatic hydroxyl groups is 1. The normalized spacial score (nSPS) is 12.2. The van der Waals surface area contributed by atoms with Gasteiger partial charge in [-0.2, -0.15) is 0 Å². The summed E-state index contributed by atoms with van der Waals surface area (Å²) in [6.07, 6.45) is -0.587. The third-order valence-electron chi connectivity index (χ3n) is 3.44. The molecule has 1 heterocycles. The molecule has 5 nitrogen and oxygen atoms in total. The van der Waals surface area contributed by atoms with Crippen LogP contribution in [0.15, 0.2) is 34.7 Å². The second-order valence-electron chi connectivity index (χ2n) is 5.23. The van der Waals surface area contributed by atoms with Gasteiger partial charge in [-0.25, -0.2) is 4.79 Å². The number of carbonyl (C=O) groups is 1. The van der Waals surface area contributed by atoms with E-state index in [1.165, 1.54) is 7.11 Å². The number of benzene rings is 1. The molecule has 0 bridgehead atoms. The Bertz CT molecular complexity index is 648. The van der Waals surface area contributed by atoms with Crippen LogP contribution in [0.3, 0.4) is 0 Å². The van der Waals surface area contributed by atoms with E-state index in [1.807, 2.05) is 31.2 Å². The maximum absolute atomic E-state index is 11.5. The smallest absolute Gasteiger partial charge is 0.341 e. The van der Waals surface area contributed by atoms with E-state index >= 15 is 0 Å². The first kappa shape index (κ1) is 16.3. The third-order valence-corrected chi connectivity index (χ3v) is 3.44. The molecule has 1 aromatic heterocycles. The SMILES string of the molecule is COC(=O)c1cc(CNCC(O)c2cccc(C)c2)oc1C. The second-order valence-corrected chi connectivity index (χ2v) is 5.23. The van der Waals surface area contributed by atoms with Crippen molar-refractivity contribution in [1.82, 2.24) is 5.32 Å². The molecule has 2 aromatic rings. The molecule has 0 fully saturated rings. The Morgan fingerprint density at radius 1 is 1.36 bits per heavy atom. The minimum absolute atomic E-state index is 0.400. The summed E-state index contributed by atoms with van der Waals surface area (Å²) in [6.45, 7) is 4.54. The van der Waals surface area contributed by atoms with E-state index in [1.54, 1.807) is 13.0 Å². The van der Waals surface area contributed by atoms with E-state index in [-0.39, 0.29) is 0 Å². The maximum Gasteiger partial charge on any atom is 0.341 e. The molecule has 0 saturated heterocycles. The van der Waals surface area contributed by atoms with Crippen LogP contribution in [0.1, 0.15) is 39.1 Å². The van der Waals surface area contributed by atoms with Crippen molar-refractivity contribution in [3.05, 3.63) is 58.5 Å². The molecule has 0 aliphatic carbocycles. The van der Waals surface area contributed by atoms with E-state index in [2.05, 4.69) is 10.1 Å². The molecule has 0 amide bonds. The lowest BCUT2D eigenvalue weighted by Gasteiger charge is -2.12. The molecule has 0 aliphatic heterocycles. The number of nitrogens with one attached hydrogen (secondary N) is 1. The number of aliphatic hydroxyl groups excluding tert-OH is 1. The fourth-order valence-corrected chi connectivity index (χ4v) is 2.27. The van der Waals surface area contributed by atoms with Crippen LogP contribution in [0, 0.1) is 13.8 Å². The number of hydrogen-bond donors (Lipinski definition) is 2. The minimum atomic E-state index is -0.587. The quantitative estimate of drug-likeness (QED) is 0.802. The van der Waals surface area contributed by atoms with Gasteiger partial charge in [0.2, 0.25) is 0 Å². The number of hydrogen-bond acceptors (Lipinski definition) is 5. The van der Waals surface area contributed by atoms with Crippen molar-refractivity contribution in [2.24, 2.45) is 0 Å². The molecule has 5 heteroatoms. The molecule has 1 aromatic carbocycles. The predicted octanol–water partition coefficient (Wildman–Crippen LogP) is 2.51. The van der Waals surface area contributed by atoms with Crippen molar-refractivity contribution in [3.8, 4) is 0 Å². The average molecular weight is 303 g/mol. The van der Waals surface area contributed by atoms with E-state index in [4.69, 9.17) is 4.42 Å². The van der Waals surface area contributed by atoms with Crippen LogP contribution in [0.25, 0.3) is 0 Å². The zero-order valence-corrected chi connectivity index (χ0v) is 13.1. The first-order chi connectivity index (χ1) is 10.5. The lowest BCUT2D eigenvalue weighted by atomic mass is 10.1. The molecule has 0 radical (unpaired) electrons. The Labute approximate surface area is 129 Å². The average Bonchev–Trinajstić information content (AvgIpc) is 2.87. The van der Waals surface area contributed by atoms with Crippen molar-refractivity contribution >= 4 is 5.97 Å². The number of aryl methyl sites for hydroxylation is 2. The Morgan fingerprint density at radius 2 is 2.14 bits per heavy atom. The fourth-order valence-electron chi connectivity index (χ4n) is 2.27. The van der Waals surface area contributed by atoms with Crippen LogP contribution >= 0.6 is 0 Å². The Balaban J connectivity index is 1.90. The Kier molecular flexibility index (Phi) is 5.35. The highest BCUT2D eigenvalue weighted by Crippen LogP contribution is 2.16. The lowest BCUT2D eigenvalue weighted by molar-refractivity contribution is 0.0599. The Hall–Kier alpha value is -2.11. The summed E-state index contributed by atoms with van der Waals surface area (Å²) >= 11 is 0. The summed E-state index contributed by atoms with van der Waals surface area (Å²) < 4.78 is 10.2. The molecule has 2 N–H and O–H groups in total. The van der Waals surface area contributed by atoms with Crippen molar-refractivity contribution in [2.45, 2.75) is 26.5 Å². The van der Waals surface area contributed by atoms with Crippen LogP contribution in [0.2, 0.25) is 0 Å². The number of ether oxygens (including phenoxy) is 1. The van der Waals surface area contributed by atoms with E-state index < -0.39 is 12.1 Å². The van der Waals surface area contributed by atoms with Crippen LogP contribution in [0.4, 0.5) is 0 Å². The minimum Gasteiger partial charge on any atom is -0.465 e. The molecule has 1 atom stereocenters. The van der Waals surface area contributed by atoms with Crippen molar-refractivity contribution in [3.63, 3.8) is 0 Å². The van der Waals surface area contributed by atoms with Gasteiger partial charge in [0.1, 0.15) is 17.1 Å². The standard InChI is InChI=1S/C17H21NO4/c1-11-5-4-6-13(7-11)16(19)10-18-9-14-8-15(12(2)22-14)17(20)21-3/h4-8,16,18-19H,9-10H2,1-3H3. The molecular weight excluding hydrogens is 282 g/mol. The zero-order chi connectivity index (χ0) is 16.1. The van der Waals surface area contributed by atoms with Crippen molar-refractivity contribution in [1.29, 1.82) is 0 Å². The molecule has 1 unspecified atom stereocenters. The summed E-state index contributed by atoms with van der Waals surface area (Å²) in [7, 11) is 1.34.